The highest BCUT2D eigenvalue weighted by Crippen LogP contribution is 2.31. The molecule has 21 heavy (non-hydrogen) atoms. The molecule has 1 saturated heterocycles. The first-order chi connectivity index (χ1) is 9.78. The average Bonchev–Trinajstić information content (AvgIpc) is 2.84. The first kappa shape index (κ1) is 16.3. The van der Waals surface area contributed by atoms with Crippen molar-refractivity contribution in [1.82, 2.24) is 5.32 Å². The summed E-state index contributed by atoms with van der Waals surface area (Å²) in [5.41, 5.74) is 1.82. The van der Waals surface area contributed by atoms with Gasteiger partial charge in [-0.3, -0.25) is 0 Å². The molecule has 0 aromatic heterocycles. The quantitative estimate of drug-likeness (QED) is 0.888. The minimum absolute atomic E-state index is 0.0485. The van der Waals surface area contributed by atoms with Gasteiger partial charge in [0.1, 0.15) is 5.82 Å². The second-order valence-electron chi connectivity index (χ2n) is 7.54. The SMILES string of the molecule is CC(C)C1CCCN1c1ccc(CNC(C)(C)C)cc1F. The van der Waals surface area contributed by atoms with Crippen LogP contribution in [0.4, 0.5) is 10.1 Å². The summed E-state index contributed by atoms with van der Waals surface area (Å²) in [6.07, 6.45) is 2.33. The van der Waals surface area contributed by atoms with Gasteiger partial charge in [0.05, 0.1) is 5.69 Å². The molecule has 3 heteroatoms. The number of hydrogen-bond donors (Lipinski definition) is 1. The summed E-state index contributed by atoms with van der Waals surface area (Å²) in [4.78, 5) is 2.25. The van der Waals surface area contributed by atoms with Crippen LogP contribution in [0.25, 0.3) is 0 Å². The van der Waals surface area contributed by atoms with Gasteiger partial charge in [0, 0.05) is 24.7 Å². The van der Waals surface area contributed by atoms with Crippen LogP contribution in [0.2, 0.25) is 0 Å². The summed E-state index contributed by atoms with van der Waals surface area (Å²) >= 11 is 0. The van der Waals surface area contributed by atoms with E-state index in [0.29, 0.717) is 18.5 Å². The Morgan fingerprint density at radius 2 is 2.05 bits per heavy atom. The molecule has 1 aromatic rings. The van der Waals surface area contributed by atoms with Crippen molar-refractivity contribution in [3.8, 4) is 0 Å². The van der Waals surface area contributed by atoms with E-state index in [2.05, 4.69) is 44.8 Å². The van der Waals surface area contributed by atoms with Gasteiger partial charge in [0.15, 0.2) is 0 Å². The second kappa shape index (κ2) is 6.35. The zero-order chi connectivity index (χ0) is 15.6. The van der Waals surface area contributed by atoms with E-state index in [1.165, 1.54) is 6.42 Å². The van der Waals surface area contributed by atoms with E-state index < -0.39 is 0 Å². The summed E-state index contributed by atoms with van der Waals surface area (Å²) < 4.78 is 14.5. The molecule has 2 rings (SSSR count). The van der Waals surface area contributed by atoms with E-state index in [4.69, 9.17) is 0 Å². The van der Waals surface area contributed by atoms with Gasteiger partial charge >= 0.3 is 0 Å². The van der Waals surface area contributed by atoms with Crippen LogP contribution < -0.4 is 10.2 Å². The molecule has 1 aliphatic heterocycles. The van der Waals surface area contributed by atoms with Gasteiger partial charge in [-0.2, -0.15) is 0 Å². The second-order valence-corrected chi connectivity index (χ2v) is 7.54. The third-order valence-corrected chi connectivity index (χ3v) is 4.21. The van der Waals surface area contributed by atoms with Crippen molar-refractivity contribution >= 4 is 5.69 Å². The van der Waals surface area contributed by atoms with E-state index in [-0.39, 0.29) is 11.4 Å². The first-order valence-electron chi connectivity index (χ1n) is 8.08. The summed E-state index contributed by atoms with van der Waals surface area (Å²) in [6.45, 7) is 12.5. The van der Waals surface area contributed by atoms with Crippen molar-refractivity contribution in [1.29, 1.82) is 0 Å². The summed E-state index contributed by atoms with van der Waals surface area (Å²) in [5, 5.41) is 3.40. The van der Waals surface area contributed by atoms with Crippen LogP contribution >= 0.6 is 0 Å². The molecule has 1 fully saturated rings. The Morgan fingerprint density at radius 3 is 2.62 bits per heavy atom. The van der Waals surface area contributed by atoms with Crippen LogP contribution in [0.1, 0.15) is 53.0 Å². The Morgan fingerprint density at radius 1 is 1.33 bits per heavy atom. The van der Waals surface area contributed by atoms with Crippen molar-refractivity contribution < 1.29 is 4.39 Å². The fourth-order valence-corrected chi connectivity index (χ4v) is 3.05. The van der Waals surface area contributed by atoms with Gasteiger partial charge in [-0.05, 0) is 57.2 Å². The lowest BCUT2D eigenvalue weighted by Crippen LogP contribution is -2.35. The molecule has 0 spiro atoms. The van der Waals surface area contributed by atoms with Crippen LogP contribution in [-0.2, 0) is 6.54 Å². The molecule has 1 N–H and O–H groups in total. The standard InChI is InChI=1S/C18H29FN2/c1-13(2)16-7-6-10-21(16)17-9-8-14(11-15(17)19)12-20-18(3,4)5/h8-9,11,13,16,20H,6-7,10,12H2,1-5H3. The predicted octanol–water partition coefficient (Wildman–Crippen LogP) is 4.34. The fourth-order valence-electron chi connectivity index (χ4n) is 3.05. The Kier molecular flexibility index (Phi) is 4.92. The van der Waals surface area contributed by atoms with Crippen LogP contribution in [0.5, 0.6) is 0 Å². The van der Waals surface area contributed by atoms with Gasteiger partial charge in [0.2, 0.25) is 0 Å². The Labute approximate surface area is 128 Å². The smallest absolute Gasteiger partial charge is 0.146 e. The van der Waals surface area contributed by atoms with E-state index >= 15 is 0 Å². The minimum atomic E-state index is -0.0873. The normalized spacial score (nSPS) is 19.6. The number of hydrogen-bond acceptors (Lipinski definition) is 2. The molecular weight excluding hydrogens is 263 g/mol. The molecule has 1 aliphatic rings. The molecule has 0 aliphatic carbocycles. The third kappa shape index (κ3) is 4.19. The highest BCUT2D eigenvalue weighted by Gasteiger charge is 2.28. The van der Waals surface area contributed by atoms with Crippen LogP contribution in [0, 0.1) is 11.7 Å². The van der Waals surface area contributed by atoms with Crippen molar-refractivity contribution in [3.63, 3.8) is 0 Å². The Hall–Kier alpha value is -1.09. The zero-order valence-electron chi connectivity index (χ0n) is 14.0. The Balaban J connectivity index is 2.12. The summed E-state index contributed by atoms with van der Waals surface area (Å²) in [5.74, 6) is 0.477. The monoisotopic (exact) mass is 292 g/mol. The maximum atomic E-state index is 14.5. The molecule has 0 saturated carbocycles. The van der Waals surface area contributed by atoms with Crippen molar-refractivity contribution in [2.45, 2.75) is 65.6 Å². The molecule has 0 bridgehead atoms. The number of nitrogens with zero attached hydrogens (tertiary/aromatic N) is 1. The van der Waals surface area contributed by atoms with E-state index in [9.17, 15) is 4.39 Å². The highest BCUT2D eigenvalue weighted by atomic mass is 19.1. The van der Waals surface area contributed by atoms with Gasteiger partial charge < -0.3 is 10.2 Å². The molecule has 1 heterocycles. The van der Waals surface area contributed by atoms with Crippen molar-refractivity contribution in [3.05, 3.63) is 29.6 Å². The van der Waals surface area contributed by atoms with E-state index in [0.717, 1.165) is 24.2 Å². The number of nitrogens with one attached hydrogen (secondary N) is 1. The minimum Gasteiger partial charge on any atom is -0.366 e. The lowest BCUT2D eigenvalue weighted by atomic mass is 10.0. The van der Waals surface area contributed by atoms with E-state index in [1.807, 2.05) is 12.1 Å². The topological polar surface area (TPSA) is 15.3 Å². The fraction of sp³-hybridized carbons (Fsp3) is 0.667. The first-order valence-corrected chi connectivity index (χ1v) is 8.08. The summed E-state index contributed by atoms with van der Waals surface area (Å²) in [6, 6.07) is 6.16. The largest absolute Gasteiger partial charge is 0.366 e. The molecule has 0 amide bonds. The Bertz CT molecular complexity index is 477. The maximum Gasteiger partial charge on any atom is 0.146 e. The lowest BCUT2D eigenvalue weighted by Gasteiger charge is -2.30. The maximum absolute atomic E-state index is 14.5. The van der Waals surface area contributed by atoms with Gasteiger partial charge in [-0.25, -0.2) is 4.39 Å². The van der Waals surface area contributed by atoms with Crippen molar-refractivity contribution in [2.24, 2.45) is 5.92 Å². The lowest BCUT2D eigenvalue weighted by molar-refractivity contribution is 0.423. The molecule has 2 nitrogen and oxygen atoms in total. The van der Waals surface area contributed by atoms with Gasteiger partial charge in [0.25, 0.3) is 0 Å². The number of anilines is 1. The highest BCUT2D eigenvalue weighted by molar-refractivity contribution is 5.51. The molecular formula is C18H29FN2. The van der Waals surface area contributed by atoms with Crippen LogP contribution in [0.15, 0.2) is 18.2 Å². The third-order valence-electron chi connectivity index (χ3n) is 4.21. The number of benzene rings is 1. The predicted molar refractivity (Wildman–Crippen MR) is 88.2 cm³/mol. The molecule has 0 radical (unpaired) electrons. The molecule has 1 aromatic carbocycles. The van der Waals surface area contributed by atoms with Crippen molar-refractivity contribution in [2.75, 3.05) is 11.4 Å². The zero-order valence-corrected chi connectivity index (χ0v) is 14.0. The number of halogens is 1. The van der Waals surface area contributed by atoms with Crippen LogP contribution in [0.3, 0.4) is 0 Å². The average molecular weight is 292 g/mol. The molecule has 1 unspecified atom stereocenters. The number of rotatable bonds is 4. The van der Waals surface area contributed by atoms with Gasteiger partial charge in [-0.1, -0.05) is 19.9 Å². The van der Waals surface area contributed by atoms with Gasteiger partial charge in [-0.15, -0.1) is 0 Å². The molecule has 1 atom stereocenters. The molecule has 118 valence electrons. The van der Waals surface area contributed by atoms with E-state index in [1.54, 1.807) is 6.07 Å². The summed E-state index contributed by atoms with van der Waals surface area (Å²) in [7, 11) is 0. The van der Waals surface area contributed by atoms with Crippen LogP contribution in [-0.4, -0.2) is 18.1 Å².